The van der Waals surface area contributed by atoms with Gasteiger partial charge in [0.05, 0.1) is 6.26 Å². The van der Waals surface area contributed by atoms with Crippen LogP contribution in [0.3, 0.4) is 0 Å². The number of amidine groups is 2. The maximum atomic E-state index is 7.96. The number of piperazine rings is 1. The van der Waals surface area contributed by atoms with Crippen molar-refractivity contribution in [3.8, 4) is 0 Å². The molecule has 1 fully saturated rings. The largest absolute Gasteiger partial charge is 0.464 e. The van der Waals surface area contributed by atoms with Crippen LogP contribution in [0.5, 0.6) is 0 Å². The molecule has 1 aromatic heterocycles. The number of benzene rings is 1. The van der Waals surface area contributed by atoms with Gasteiger partial charge >= 0.3 is 0 Å². The van der Waals surface area contributed by atoms with Gasteiger partial charge in [-0.2, -0.15) is 0 Å². The van der Waals surface area contributed by atoms with Gasteiger partial charge in [-0.15, -0.1) is 0 Å². The second-order valence-electron chi connectivity index (χ2n) is 5.69. The third kappa shape index (κ3) is 3.51. The molecule has 2 aromatic rings. The van der Waals surface area contributed by atoms with E-state index in [0.717, 1.165) is 48.9 Å². The van der Waals surface area contributed by atoms with E-state index >= 15 is 0 Å². The topological polar surface area (TPSA) is 93.3 Å². The molecular formula is C16H21N5OS. The molecule has 0 spiro atoms. The summed E-state index contributed by atoms with van der Waals surface area (Å²) in [6.07, 6.45) is 1.72. The van der Waals surface area contributed by atoms with Gasteiger partial charge in [-0.25, -0.2) is 0 Å². The smallest absolute Gasteiger partial charge is 0.164 e. The standard InChI is InChI=1S/C16H21N5OS/c1-11(13-3-2-12-4-9-22-14(12)10-13)20-5-7-21(8-6-20)16(19)23-15(17)18/h2-4,9-11,19H,5-8H2,1H3,(H3,17,18). The number of hydrogen-bond acceptors (Lipinski definition) is 5. The SMILES string of the molecule is CC(c1ccc2ccoc2c1)N1CCN(C(=N)SC(=N)N)CC1. The second-order valence-corrected chi connectivity index (χ2v) is 6.72. The van der Waals surface area contributed by atoms with E-state index in [4.69, 9.17) is 21.0 Å². The van der Waals surface area contributed by atoms with E-state index in [1.165, 1.54) is 5.56 Å². The summed E-state index contributed by atoms with van der Waals surface area (Å²) in [7, 11) is 0. The van der Waals surface area contributed by atoms with Crippen molar-refractivity contribution in [2.24, 2.45) is 5.73 Å². The number of nitrogens with one attached hydrogen (secondary N) is 2. The average molecular weight is 331 g/mol. The van der Waals surface area contributed by atoms with Gasteiger partial charge in [0.25, 0.3) is 0 Å². The molecule has 4 N–H and O–H groups in total. The van der Waals surface area contributed by atoms with E-state index < -0.39 is 0 Å². The van der Waals surface area contributed by atoms with E-state index in [9.17, 15) is 0 Å². The van der Waals surface area contributed by atoms with Crippen LogP contribution in [-0.4, -0.2) is 46.3 Å². The Bertz CT molecular complexity index is 720. The minimum atomic E-state index is -0.0300. The first-order valence-electron chi connectivity index (χ1n) is 7.61. The van der Waals surface area contributed by atoms with Gasteiger partial charge in [0.15, 0.2) is 10.3 Å². The lowest BCUT2D eigenvalue weighted by Gasteiger charge is -2.38. The molecule has 23 heavy (non-hydrogen) atoms. The van der Waals surface area contributed by atoms with Gasteiger partial charge < -0.3 is 15.1 Å². The fourth-order valence-electron chi connectivity index (χ4n) is 2.92. The zero-order chi connectivity index (χ0) is 16.4. The van der Waals surface area contributed by atoms with Crippen molar-refractivity contribution in [3.05, 3.63) is 36.1 Å². The lowest BCUT2D eigenvalue weighted by Crippen LogP contribution is -2.48. The highest BCUT2D eigenvalue weighted by atomic mass is 32.2. The Morgan fingerprint density at radius 1 is 1.22 bits per heavy atom. The van der Waals surface area contributed by atoms with Crippen LogP contribution in [0.1, 0.15) is 18.5 Å². The van der Waals surface area contributed by atoms with Gasteiger partial charge in [-0.3, -0.25) is 15.7 Å². The first-order chi connectivity index (χ1) is 11.0. The Labute approximate surface area is 139 Å². The van der Waals surface area contributed by atoms with Gasteiger partial charge in [0.2, 0.25) is 0 Å². The zero-order valence-electron chi connectivity index (χ0n) is 13.1. The Balaban J connectivity index is 1.62. The van der Waals surface area contributed by atoms with Crippen LogP contribution < -0.4 is 5.73 Å². The van der Waals surface area contributed by atoms with E-state index in [0.29, 0.717) is 11.2 Å². The summed E-state index contributed by atoms with van der Waals surface area (Å²) in [6.45, 7) is 5.55. The van der Waals surface area contributed by atoms with Crippen LogP contribution in [-0.2, 0) is 0 Å². The monoisotopic (exact) mass is 331 g/mol. The van der Waals surface area contributed by atoms with Crippen LogP contribution in [0.2, 0.25) is 0 Å². The lowest BCUT2D eigenvalue weighted by molar-refractivity contribution is 0.142. The number of furan rings is 1. The molecule has 1 aliphatic heterocycles. The second kappa shape index (κ2) is 6.64. The maximum absolute atomic E-state index is 7.96. The minimum absolute atomic E-state index is 0.0300. The fourth-order valence-corrected chi connectivity index (χ4v) is 3.44. The molecule has 1 atom stereocenters. The summed E-state index contributed by atoms with van der Waals surface area (Å²) in [5.41, 5.74) is 7.52. The van der Waals surface area contributed by atoms with Crippen molar-refractivity contribution >= 4 is 33.1 Å². The summed E-state index contributed by atoms with van der Waals surface area (Å²) < 4.78 is 5.49. The van der Waals surface area contributed by atoms with Crippen LogP contribution in [0.15, 0.2) is 34.9 Å². The molecule has 1 saturated heterocycles. The number of hydrogen-bond donors (Lipinski definition) is 3. The summed E-state index contributed by atoms with van der Waals surface area (Å²) in [6, 6.07) is 8.64. The molecular weight excluding hydrogens is 310 g/mol. The third-order valence-corrected chi connectivity index (χ3v) is 4.99. The molecule has 1 aromatic carbocycles. The van der Waals surface area contributed by atoms with Crippen LogP contribution >= 0.6 is 11.8 Å². The number of rotatable bonds is 2. The van der Waals surface area contributed by atoms with Crippen molar-refractivity contribution in [1.29, 1.82) is 10.8 Å². The Morgan fingerprint density at radius 2 is 1.96 bits per heavy atom. The van der Waals surface area contributed by atoms with Crippen molar-refractivity contribution in [2.45, 2.75) is 13.0 Å². The van der Waals surface area contributed by atoms with E-state index in [-0.39, 0.29) is 5.17 Å². The predicted octanol–water partition coefficient (Wildman–Crippen LogP) is 2.67. The molecule has 0 radical (unpaired) electrons. The molecule has 0 bridgehead atoms. The van der Waals surface area contributed by atoms with Crippen molar-refractivity contribution < 1.29 is 4.42 Å². The maximum Gasteiger partial charge on any atom is 0.164 e. The molecule has 122 valence electrons. The normalized spacial score (nSPS) is 17.3. The average Bonchev–Trinajstić information content (AvgIpc) is 3.01. The number of fused-ring (bicyclic) bond motifs is 1. The summed E-state index contributed by atoms with van der Waals surface area (Å²) >= 11 is 1.01. The van der Waals surface area contributed by atoms with Crippen molar-refractivity contribution in [3.63, 3.8) is 0 Å². The lowest BCUT2D eigenvalue weighted by atomic mass is 10.0. The molecule has 2 heterocycles. The third-order valence-electron chi connectivity index (χ3n) is 4.32. The molecule has 7 heteroatoms. The van der Waals surface area contributed by atoms with Gasteiger partial charge in [0.1, 0.15) is 5.58 Å². The summed E-state index contributed by atoms with van der Waals surface area (Å²) in [5.74, 6) is 0. The quantitative estimate of drug-likeness (QED) is 0.581. The van der Waals surface area contributed by atoms with Crippen molar-refractivity contribution in [2.75, 3.05) is 26.2 Å². The minimum Gasteiger partial charge on any atom is -0.464 e. The van der Waals surface area contributed by atoms with Crippen molar-refractivity contribution in [1.82, 2.24) is 9.80 Å². The number of nitrogens with zero attached hydrogens (tertiary/aromatic N) is 2. The summed E-state index contributed by atoms with van der Waals surface area (Å²) in [4.78, 5) is 4.39. The van der Waals surface area contributed by atoms with Crippen LogP contribution in [0, 0.1) is 10.8 Å². The van der Waals surface area contributed by atoms with E-state index in [2.05, 4.69) is 30.0 Å². The molecule has 0 aliphatic carbocycles. The molecule has 1 aliphatic rings. The van der Waals surface area contributed by atoms with Crippen LogP contribution in [0.4, 0.5) is 0 Å². The number of thioether (sulfide) groups is 1. The van der Waals surface area contributed by atoms with E-state index in [1.54, 1.807) is 6.26 Å². The number of nitrogens with two attached hydrogens (primary N) is 1. The molecule has 0 saturated carbocycles. The molecule has 0 amide bonds. The Morgan fingerprint density at radius 3 is 2.65 bits per heavy atom. The predicted molar refractivity (Wildman–Crippen MR) is 95.0 cm³/mol. The van der Waals surface area contributed by atoms with Crippen LogP contribution in [0.25, 0.3) is 11.0 Å². The highest BCUT2D eigenvalue weighted by Gasteiger charge is 2.24. The van der Waals surface area contributed by atoms with Gasteiger partial charge in [-0.05, 0) is 36.4 Å². The van der Waals surface area contributed by atoms with Gasteiger partial charge in [-0.1, -0.05) is 12.1 Å². The fraction of sp³-hybridized carbons (Fsp3) is 0.375. The Kier molecular flexibility index (Phi) is 4.58. The summed E-state index contributed by atoms with van der Waals surface area (Å²) in [5, 5.41) is 16.7. The molecule has 6 nitrogen and oxygen atoms in total. The van der Waals surface area contributed by atoms with E-state index in [1.807, 2.05) is 11.0 Å². The highest BCUT2D eigenvalue weighted by Crippen LogP contribution is 2.26. The Hall–Kier alpha value is -1.99. The zero-order valence-corrected chi connectivity index (χ0v) is 13.9. The first kappa shape index (κ1) is 15.9. The molecule has 3 rings (SSSR count). The highest BCUT2D eigenvalue weighted by molar-refractivity contribution is 8.26. The first-order valence-corrected chi connectivity index (χ1v) is 8.43. The van der Waals surface area contributed by atoms with Gasteiger partial charge in [0, 0.05) is 37.6 Å². The molecule has 1 unspecified atom stereocenters.